The number of ether oxygens (including phenoxy) is 2. The van der Waals surface area contributed by atoms with Gasteiger partial charge >= 0.3 is 12.1 Å². The molecule has 2 aromatic rings. The van der Waals surface area contributed by atoms with Crippen molar-refractivity contribution in [1.29, 1.82) is 0 Å². The zero-order valence-electron chi connectivity index (χ0n) is 12.3. The second-order valence-corrected chi connectivity index (χ2v) is 4.82. The molecule has 1 unspecified atom stereocenters. The van der Waals surface area contributed by atoms with Gasteiger partial charge in [0.05, 0.1) is 5.56 Å². The highest BCUT2D eigenvalue weighted by Gasteiger charge is 2.31. The van der Waals surface area contributed by atoms with Gasteiger partial charge in [0.2, 0.25) is 0 Å². The van der Waals surface area contributed by atoms with E-state index in [0.29, 0.717) is 12.1 Å². The molecule has 2 rings (SSSR count). The van der Waals surface area contributed by atoms with E-state index in [2.05, 4.69) is 0 Å². The molecule has 0 aliphatic carbocycles. The van der Waals surface area contributed by atoms with Crippen LogP contribution in [0.2, 0.25) is 0 Å². The molecule has 0 amide bonds. The van der Waals surface area contributed by atoms with Gasteiger partial charge < -0.3 is 14.6 Å². The second kappa shape index (κ2) is 6.77. The predicted molar refractivity (Wildman–Crippen MR) is 75.6 cm³/mol. The highest BCUT2D eigenvalue weighted by molar-refractivity contribution is 5.72. The maximum absolute atomic E-state index is 13.7. The molecule has 0 aliphatic rings. The number of carboxylic acids is 1. The summed E-state index contributed by atoms with van der Waals surface area (Å²) in [6.07, 6.45) is -5.76. The van der Waals surface area contributed by atoms with Crippen molar-refractivity contribution in [3.8, 4) is 17.2 Å². The van der Waals surface area contributed by atoms with E-state index in [4.69, 9.17) is 14.6 Å². The summed E-state index contributed by atoms with van der Waals surface area (Å²) in [5.41, 5.74) is -1.13. The fourth-order valence-electron chi connectivity index (χ4n) is 1.75. The maximum atomic E-state index is 13.7. The molecule has 0 heterocycles. The minimum Gasteiger partial charge on any atom is -0.479 e. The number of alkyl halides is 3. The number of halogens is 4. The van der Waals surface area contributed by atoms with E-state index in [0.717, 1.165) is 6.07 Å². The van der Waals surface area contributed by atoms with Gasteiger partial charge in [0.1, 0.15) is 11.5 Å². The summed E-state index contributed by atoms with van der Waals surface area (Å²) >= 11 is 0. The molecule has 0 saturated heterocycles. The first-order chi connectivity index (χ1) is 11.2. The van der Waals surface area contributed by atoms with Crippen LogP contribution in [0, 0.1) is 5.82 Å². The zero-order chi connectivity index (χ0) is 17.9. The molecule has 0 fully saturated rings. The van der Waals surface area contributed by atoms with Crippen molar-refractivity contribution in [2.75, 3.05) is 0 Å². The van der Waals surface area contributed by atoms with Gasteiger partial charge in [-0.15, -0.1) is 0 Å². The molecular formula is C16H12F4O4. The van der Waals surface area contributed by atoms with Crippen LogP contribution in [0.5, 0.6) is 17.2 Å². The fourth-order valence-corrected chi connectivity index (χ4v) is 1.75. The van der Waals surface area contributed by atoms with Gasteiger partial charge in [0.25, 0.3) is 0 Å². The minimum absolute atomic E-state index is 0.0868. The van der Waals surface area contributed by atoms with Crippen molar-refractivity contribution in [2.45, 2.75) is 19.2 Å². The first-order valence-corrected chi connectivity index (χ1v) is 6.71. The second-order valence-electron chi connectivity index (χ2n) is 4.82. The fraction of sp³-hybridized carbons (Fsp3) is 0.188. The Balaban J connectivity index is 2.18. The molecule has 0 aliphatic heterocycles. The first-order valence-electron chi connectivity index (χ1n) is 6.71. The van der Waals surface area contributed by atoms with Gasteiger partial charge in [-0.05, 0) is 37.3 Å². The van der Waals surface area contributed by atoms with Crippen molar-refractivity contribution in [3.05, 3.63) is 53.8 Å². The number of rotatable bonds is 5. The average Bonchev–Trinajstić information content (AvgIpc) is 2.48. The number of hydrogen-bond acceptors (Lipinski definition) is 3. The highest BCUT2D eigenvalue weighted by Crippen LogP contribution is 2.34. The van der Waals surface area contributed by atoms with Crippen LogP contribution in [0.4, 0.5) is 17.6 Å². The molecular weight excluding hydrogens is 332 g/mol. The number of carbonyl (C=O) groups is 1. The Morgan fingerprint density at radius 1 is 1.12 bits per heavy atom. The van der Waals surface area contributed by atoms with Crippen molar-refractivity contribution >= 4 is 5.97 Å². The van der Waals surface area contributed by atoms with Crippen LogP contribution >= 0.6 is 0 Å². The van der Waals surface area contributed by atoms with Crippen molar-refractivity contribution < 1.29 is 36.9 Å². The molecule has 0 radical (unpaired) electrons. The Morgan fingerprint density at radius 2 is 1.79 bits per heavy atom. The van der Waals surface area contributed by atoms with E-state index in [9.17, 15) is 22.4 Å². The molecule has 24 heavy (non-hydrogen) atoms. The Morgan fingerprint density at radius 3 is 2.38 bits per heavy atom. The monoisotopic (exact) mass is 344 g/mol. The van der Waals surface area contributed by atoms with Gasteiger partial charge in [0.15, 0.2) is 17.7 Å². The first kappa shape index (κ1) is 17.6. The summed E-state index contributed by atoms with van der Waals surface area (Å²) in [5.74, 6) is -2.49. The summed E-state index contributed by atoms with van der Waals surface area (Å²) in [6.45, 7) is 1.32. The van der Waals surface area contributed by atoms with E-state index in [1.54, 1.807) is 0 Å². The van der Waals surface area contributed by atoms with Crippen molar-refractivity contribution in [3.63, 3.8) is 0 Å². The van der Waals surface area contributed by atoms with E-state index < -0.39 is 35.4 Å². The summed E-state index contributed by atoms with van der Waals surface area (Å²) in [4.78, 5) is 10.7. The number of carboxylic acid groups (broad SMARTS) is 1. The molecule has 0 saturated carbocycles. The minimum atomic E-state index is -4.65. The standard InChI is InChI=1S/C16H12F4O4/c1-9(15(21)22)23-11-3-2-4-12(8-11)24-14-6-5-10(7-13(14)17)16(18,19)20/h2-9H,1H3,(H,21,22). The van der Waals surface area contributed by atoms with Gasteiger partial charge in [-0.3, -0.25) is 0 Å². The van der Waals surface area contributed by atoms with Gasteiger partial charge in [-0.25, -0.2) is 9.18 Å². The van der Waals surface area contributed by atoms with Crippen molar-refractivity contribution in [1.82, 2.24) is 0 Å². The Kier molecular flexibility index (Phi) is 4.96. The Labute approximate surface area is 134 Å². The quantitative estimate of drug-likeness (QED) is 0.812. The lowest BCUT2D eigenvalue weighted by Gasteiger charge is -2.13. The number of benzene rings is 2. The summed E-state index contributed by atoms with van der Waals surface area (Å²) in [5, 5.41) is 8.78. The topological polar surface area (TPSA) is 55.8 Å². The van der Waals surface area contributed by atoms with Crippen LogP contribution in [0.3, 0.4) is 0 Å². The van der Waals surface area contributed by atoms with E-state index >= 15 is 0 Å². The molecule has 0 aromatic heterocycles. The van der Waals surface area contributed by atoms with Crippen LogP contribution in [0.1, 0.15) is 12.5 Å². The van der Waals surface area contributed by atoms with E-state index in [1.807, 2.05) is 0 Å². The molecule has 1 N–H and O–H groups in total. The predicted octanol–water partition coefficient (Wildman–Crippen LogP) is 4.49. The zero-order valence-corrected chi connectivity index (χ0v) is 12.3. The normalized spacial score (nSPS) is 12.5. The smallest absolute Gasteiger partial charge is 0.416 e. The lowest BCUT2D eigenvalue weighted by Crippen LogP contribution is -2.22. The maximum Gasteiger partial charge on any atom is 0.416 e. The lowest BCUT2D eigenvalue weighted by atomic mass is 10.2. The summed E-state index contributed by atoms with van der Waals surface area (Å²) in [6, 6.07) is 7.57. The average molecular weight is 344 g/mol. The third-order valence-corrected chi connectivity index (χ3v) is 2.95. The van der Waals surface area contributed by atoms with Gasteiger partial charge in [0, 0.05) is 6.07 Å². The third-order valence-electron chi connectivity index (χ3n) is 2.95. The molecule has 4 nitrogen and oxygen atoms in total. The van der Waals surface area contributed by atoms with Crippen LogP contribution in [0.15, 0.2) is 42.5 Å². The molecule has 0 bridgehead atoms. The van der Waals surface area contributed by atoms with Gasteiger partial charge in [-0.2, -0.15) is 13.2 Å². The lowest BCUT2D eigenvalue weighted by molar-refractivity contribution is -0.144. The SMILES string of the molecule is CC(Oc1cccc(Oc2ccc(C(F)(F)F)cc2F)c1)C(=O)O. The summed E-state index contributed by atoms with van der Waals surface area (Å²) < 4.78 is 61.5. The largest absolute Gasteiger partial charge is 0.479 e. The molecule has 2 aromatic carbocycles. The molecule has 128 valence electrons. The van der Waals surface area contributed by atoms with Crippen LogP contribution < -0.4 is 9.47 Å². The molecule has 0 spiro atoms. The van der Waals surface area contributed by atoms with E-state index in [-0.39, 0.29) is 11.5 Å². The molecule has 8 heteroatoms. The number of hydrogen-bond donors (Lipinski definition) is 1. The van der Waals surface area contributed by atoms with Gasteiger partial charge in [-0.1, -0.05) is 6.07 Å². The van der Waals surface area contributed by atoms with Crippen LogP contribution in [-0.2, 0) is 11.0 Å². The Bertz CT molecular complexity index is 743. The third kappa shape index (κ3) is 4.37. The molecule has 1 atom stereocenters. The summed E-state index contributed by atoms with van der Waals surface area (Å²) in [7, 11) is 0. The Hall–Kier alpha value is -2.77. The van der Waals surface area contributed by atoms with Crippen LogP contribution in [-0.4, -0.2) is 17.2 Å². The van der Waals surface area contributed by atoms with E-state index in [1.165, 1.54) is 31.2 Å². The highest BCUT2D eigenvalue weighted by atomic mass is 19.4. The van der Waals surface area contributed by atoms with Crippen LogP contribution in [0.25, 0.3) is 0 Å². The number of aliphatic carboxylic acids is 1. The van der Waals surface area contributed by atoms with Crippen molar-refractivity contribution in [2.24, 2.45) is 0 Å².